The number of halogens is 1. The molecule has 1 N–H and O–H groups in total. The Hall–Kier alpha value is -1.81. The molecule has 0 aliphatic carbocycles. The Morgan fingerprint density at radius 1 is 1.14 bits per heavy atom. The monoisotopic (exact) mass is 361 g/mol. The van der Waals surface area contributed by atoms with Crippen LogP contribution in [0.25, 0.3) is 0 Å². The van der Waals surface area contributed by atoms with Crippen molar-refractivity contribution in [3.63, 3.8) is 0 Å². The van der Waals surface area contributed by atoms with Gasteiger partial charge in [-0.05, 0) is 55.7 Å². The van der Waals surface area contributed by atoms with Gasteiger partial charge in [-0.25, -0.2) is 0 Å². The van der Waals surface area contributed by atoms with Gasteiger partial charge in [0.25, 0.3) is 0 Å². The summed E-state index contributed by atoms with van der Waals surface area (Å²) in [6.45, 7) is 4.53. The van der Waals surface area contributed by atoms with Gasteiger partial charge in [0.1, 0.15) is 5.75 Å². The minimum Gasteiger partial charge on any atom is -0.493 e. The zero-order valence-electron chi connectivity index (χ0n) is 12.9. The molecule has 22 heavy (non-hydrogen) atoms. The molecule has 0 fully saturated rings. The number of carbonyl (C=O) groups excluding carboxylic acids is 1. The number of hydrogen-bond donors (Lipinski definition) is 1. The molecule has 0 saturated heterocycles. The lowest BCUT2D eigenvalue weighted by Crippen LogP contribution is -2.13. The molecule has 0 atom stereocenters. The summed E-state index contributed by atoms with van der Waals surface area (Å²) in [5.41, 5.74) is 3.00. The van der Waals surface area contributed by atoms with Crippen molar-refractivity contribution in [2.24, 2.45) is 0 Å². The zero-order valence-corrected chi connectivity index (χ0v) is 14.4. The van der Waals surface area contributed by atoms with Crippen LogP contribution in [0.4, 0.5) is 5.69 Å². The molecule has 0 aliphatic rings. The van der Waals surface area contributed by atoms with Gasteiger partial charge in [0.2, 0.25) is 5.91 Å². The van der Waals surface area contributed by atoms with Crippen molar-refractivity contribution in [2.75, 3.05) is 11.9 Å². The minimum absolute atomic E-state index is 0.0128. The Kier molecular flexibility index (Phi) is 6.01. The molecule has 0 saturated carbocycles. The standard InChI is InChI=1S/C18H20BrNO2/c1-13-6-3-4-7-17(13)22-11-5-8-18(21)20-16-10-9-15(19)12-14(16)2/h3-4,6-7,9-10,12H,5,8,11H2,1-2H3,(H,20,21). The molecule has 0 spiro atoms. The summed E-state index contributed by atoms with van der Waals surface area (Å²) < 4.78 is 6.70. The van der Waals surface area contributed by atoms with Crippen molar-refractivity contribution in [3.8, 4) is 5.75 Å². The number of para-hydroxylation sites is 1. The van der Waals surface area contributed by atoms with Crippen LogP contribution in [0.5, 0.6) is 5.75 Å². The number of nitrogens with one attached hydrogen (secondary N) is 1. The SMILES string of the molecule is Cc1cc(Br)ccc1NC(=O)CCCOc1ccccc1C. The van der Waals surface area contributed by atoms with Crippen molar-refractivity contribution in [1.29, 1.82) is 0 Å². The van der Waals surface area contributed by atoms with E-state index in [1.807, 2.05) is 56.3 Å². The molecular weight excluding hydrogens is 342 g/mol. The quantitative estimate of drug-likeness (QED) is 0.745. The van der Waals surface area contributed by atoms with Gasteiger partial charge in [-0.15, -0.1) is 0 Å². The van der Waals surface area contributed by atoms with E-state index in [1.54, 1.807) is 0 Å². The molecule has 116 valence electrons. The Morgan fingerprint density at radius 2 is 1.91 bits per heavy atom. The molecule has 4 heteroatoms. The lowest BCUT2D eigenvalue weighted by Gasteiger charge is -2.10. The molecule has 0 bridgehead atoms. The largest absolute Gasteiger partial charge is 0.493 e. The fourth-order valence-corrected chi connectivity index (χ4v) is 2.59. The number of hydrogen-bond acceptors (Lipinski definition) is 2. The Morgan fingerprint density at radius 3 is 2.64 bits per heavy atom. The molecule has 2 aromatic carbocycles. The molecule has 2 aromatic rings. The second-order valence-electron chi connectivity index (χ2n) is 5.22. The van der Waals surface area contributed by atoms with Gasteiger partial charge in [-0.3, -0.25) is 4.79 Å². The Labute approximate surface area is 139 Å². The fourth-order valence-electron chi connectivity index (χ4n) is 2.11. The van der Waals surface area contributed by atoms with Gasteiger partial charge < -0.3 is 10.1 Å². The van der Waals surface area contributed by atoms with Gasteiger partial charge in [-0.1, -0.05) is 34.1 Å². The average molecular weight is 362 g/mol. The Balaban J connectivity index is 1.75. The summed E-state index contributed by atoms with van der Waals surface area (Å²) in [6, 6.07) is 13.7. The third-order valence-electron chi connectivity index (χ3n) is 3.36. The van der Waals surface area contributed by atoms with Crippen LogP contribution < -0.4 is 10.1 Å². The van der Waals surface area contributed by atoms with Crippen LogP contribution in [0.3, 0.4) is 0 Å². The number of aryl methyl sites for hydroxylation is 2. The fraction of sp³-hybridized carbons (Fsp3) is 0.278. The van der Waals surface area contributed by atoms with E-state index in [4.69, 9.17) is 4.74 Å². The van der Waals surface area contributed by atoms with Crippen LogP contribution in [0, 0.1) is 13.8 Å². The molecule has 0 aliphatic heterocycles. The molecule has 0 radical (unpaired) electrons. The number of benzene rings is 2. The maximum atomic E-state index is 11.9. The van der Waals surface area contributed by atoms with Crippen molar-refractivity contribution >= 4 is 27.5 Å². The van der Waals surface area contributed by atoms with E-state index in [0.29, 0.717) is 19.4 Å². The van der Waals surface area contributed by atoms with Gasteiger partial charge in [-0.2, -0.15) is 0 Å². The number of ether oxygens (including phenoxy) is 1. The molecule has 0 unspecified atom stereocenters. The molecule has 2 rings (SSSR count). The average Bonchev–Trinajstić information content (AvgIpc) is 2.48. The van der Waals surface area contributed by atoms with Crippen LogP contribution in [0.2, 0.25) is 0 Å². The third-order valence-corrected chi connectivity index (χ3v) is 3.86. The summed E-state index contributed by atoms with van der Waals surface area (Å²) in [5, 5.41) is 2.93. The highest BCUT2D eigenvalue weighted by atomic mass is 79.9. The van der Waals surface area contributed by atoms with E-state index >= 15 is 0 Å². The van der Waals surface area contributed by atoms with Crippen LogP contribution in [0.1, 0.15) is 24.0 Å². The number of amides is 1. The lowest BCUT2D eigenvalue weighted by molar-refractivity contribution is -0.116. The van der Waals surface area contributed by atoms with Crippen LogP contribution in [-0.4, -0.2) is 12.5 Å². The number of anilines is 1. The summed E-state index contributed by atoms with van der Waals surface area (Å²) >= 11 is 3.41. The summed E-state index contributed by atoms with van der Waals surface area (Å²) in [4.78, 5) is 11.9. The van der Waals surface area contributed by atoms with Gasteiger partial charge >= 0.3 is 0 Å². The normalized spacial score (nSPS) is 10.3. The van der Waals surface area contributed by atoms with Crippen LogP contribution in [0.15, 0.2) is 46.9 Å². The highest BCUT2D eigenvalue weighted by Crippen LogP contribution is 2.20. The van der Waals surface area contributed by atoms with Crippen molar-refractivity contribution in [2.45, 2.75) is 26.7 Å². The smallest absolute Gasteiger partial charge is 0.224 e. The van der Waals surface area contributed by atoms with Gasteiger partial charge in [0, 0.05) is 16.6 Å². The topological polar surface area (TPSA) is 38.3 Å². The van der Waals surface area contributed by atoms with Crippen molar-refractivity contribution < 1.29 is 9.53 Å². The van der Waals surface area contributed by atoms with E-state index in [2.05, 4.69) is 21.2 Å². The predicted octanol–water partition coefficient (Wildman–Crippen LogP) is 4.86. The maximum Gasteiger partial charge on any atom is 0.224 e. The number of carbonyl (C=O) groups is 1. The zero-order chi connectivity index (χ0) is 15.9. The minimum atomic E-state index is 0.0128. The van der Waals surface area contributed by atoms with E-state index in [-0.39, 0.29) is 5.91 Å². The third kappa shape index (κ3) is 4.88. The first-order valence-electron chi connectivity index (χ1n) is 7.30. The summed E-state index contributed by atoms with van der Waals surface area (Å²) in [6.07, 6.45) is 1.14. The second kappa shape index (κ2) is 7.99. The summed E-state index contributed by atoms with van der Waals surface area (Å²) in [7, 11) is 0. The predicted molar refractivity (Wildman–Crippen MR) is 93.4 cm³/mol. The van der Waals surface area contributed by atoms with E-state index in [0.717, 1.165) is 27.0 Å². The molecule has 3 nitrogen and oxygen atoms in total. The lowest BCUT2D eigenvalue weighted by atomic mass is 10.2. The second-order valence-corrected chi connectivity index (χ2v) is 6.14. The molecule has 0 aromatic heterocycles. The first-order chi connectivity index (χ1) is 10.6. The first-order valence-corrected chi connectivity index (χ1v) is 8.10. The van der Waals surface area contributed by atoms with E-state index in [1.165, 1.54) is 0 Å². The maximum absolute atomic E-state index is 11.9. The van der Waals surface area contributed by atoms with E-state index < -0.39 is 0 Å². The van der Waals surface area contributed by atoms with Crippen molar-refractivity contribution in [1.82, 2.24) is 0 Å². The van der Waals surface area contributed by atoms with Crippen molar-refractivity contribution in [3.05, 3.63) is 58.1 Å². The molecular formula is C18H20BrNO2. The van der Waals surface area contributed by atoms with Crippen LogP contribution >= 0.6 is 15.9 Å². The highest BCUT2D eigenvalue weighted by Gasteiger charge is 2.05. The highest BCUT2D eigenvalue weighted by molar-refractivity contribution is 9.10. The van der Waals surface area contributed by atoms with Gasteiger partial charge in [0.05, 0.1) is 6.61 Å². The number of rotatable bonds is 6. The first kappa shape index (κ1) is 16.6. The van der Waals surface area contributed by atoms with Gasteiger partial charge in [0.15, 0.2) is 0 Å². The Bertz CT molecular complexity index is 655. The molecule has 1 amide bonds. The molecule has 0 heterocycles. The van der Waals surface area contributed by atoms with E-state index in [9.17, 15) is 4.79 Å². The summed E-state index contributed by atoms with van der Waals surface area (Å²) in [5.74, 6) is 0.894. The van der Waals surface area contributed by atoms with Crippen LogP contribution in [-0.2, 0) is 4.79 Å².